The molecule has 4 aromatic rings. The van der Waals surface area contributed by atoms with Gasteiger partial charge in [0, 0.05) is 42.0 Å². The summed E-state index contributed by atoms with van der Waals surface area (Å²) in [5, 5.41) is 48.3. The number of aromatic nitrogens is 3. The molecule has 254 valence electrons. The molecule has 0 saturated carbocycles. The molecule has 49 heavy (non-hydrogen) atoms. The molecule has 0 bridgehead atoms. The number of benzene rings is 3. The van der Waals surface area contributed by atoms with E-state index in [1.54, 1.807) is 42.1 Å². The number of carbonyl (C=O) groups excluding carboxylic acids is 2. The topological polar surface area (TPSA) is 176 Å². The molecule has 4 atom stereocenters. The SMILES string of the molecule is C[C@H](/C=C/CCn1cc(C(CO)c2ccccc2)nn1)[C@@]1(O)C(=O)N(Cc2cccc(NC(=O)[C@H]3CCCN3)c2)c2ccc([N+](=O)[O-])cc21. The van der Waals surface area contributed by atoms with Crippen LogP contribution in [0, 0.1) is 16.0 Å². The predicted octanol–water partition coefficient (Wildman–Crippen LogP) is 4.02. The fourth-order valence-electron chi connectivity index (χ4n) is 6.56. The van der Waals surface area contributed by atoms with Gasteiger partial charge in [0.15, 0.2) is 5.60 Å². The number of aliphatic hydroxyl groups is 2. The number of nitro benzene ring substituents is 1. The number of nitrogens with one attached hydrogen (secondary N) is 2. The Labute approximate surface area is 283 Å². The number of non-ortho nitro benzene ring substituents is 1. The molecule has 13 heteroatoms. The van der Waals surface area contributed by atoms with Crippen molar-refractivity contribution in [1.29, 1.82) is 0 Å². The number of fused-ring (bicyclic) bond motifs is 1. The van der Waals surface area contributed by atoms with Gasteiger partial charge in [0.2, 0.25) is 5.91 Å². The fraction of sp³-hybridized carbons (Fsp3) is 0.333. The second-order valence-electron chi connectivity index (χ2n) is 12.5. The smallest absolute Gasteiger partial charge is 0.269 e. The summed E-state index contributed by atoms with van der Waals surface area (Å²) in [6, 6.07) is 20.6. The number of anilines is 2. The number of hydrogen-bond acceptors (Lipinski definition) is 9. The van der Waals surface area contributed by atoms with Crippen LogP contribution >= 0.6 is 0 Å². The quantitative estimate of drug-likeness (QED) is 0.0934. The first-order chi connectivity index (χ1) is 23.7. The van der Waals surface area contributed by atoms with Crippen molar-refractivity contribution in [3.8, 4) is 0 Å². The van der Waals surface area contributed by atoms with Gasteiger partial charge in [0.05, 0.1) is 41.4 Å². The lowest BCUT2D eigenvalue weighted by molar-refractivity contribution is -0.385. The lowest BCUT2D eigenvalue weighted by Gasteiger charge is -2.27. The Morgan fingerprint density at radius 3 is 2.73 bits per heavy atom. The van der Waals surface area contributed by atoms with Gasteiger partial charge in [0.25, 0.3) is 11.6 Å². The van der Waals surface area contributed by atoms with Crippen LogP contribution < -0.4 is 15.5 Å². The van der Waals surface area contributed by atoms with E-state index in [4.69, 9.17) is 0 Å². The van der Waals surface area contributed by atoms with E-state index >= 15 is 0 Å². The van der Waals surface area contributed by atoms with E-state index in [1.165, 1.54) is 23.1 Å². The van der Waals surface area contributed by atoms with Crippen molar-refractivity contribution in [1.82, 2.24) is 20.3 Å². The number of hydrogen-bond donors (Lipinski definition) is 4. The highest BCUT2D eigenvalue weighted by molar-refractivity contribution is 6.07. The molecule has 1 saturated heterocycles. The normalized spacial score (nSPS) is 20.0. The van der Waals surface area contributed by atoms with Crippen molar-refractivity contribution in [3.63, 3.8) is 0 Å². The molecule has 2 aliphatic rings. The van der Waals surface area contributed by atoms with E-state index in [1.807, 2.05) is 42.5 Å². The summed E-state index contributed by atoms with van der Waals surface area (Å²) in [4.78, 5) is 39.3. The van der Waals surface area contributed by atoms with Crippen LogP contribution in [0.25, 0.3) is 0 Å². The van der Waals surface area contributed by atoms with E-state index < -0.39 is 22.3 Å². The van der Waals surface area contributed by atoms with Gasteiger partial charge < -0.3 is 25.7 Å². The summed E-state index contributed by atoms with van der Waals surface area (Å²) >= 11 is 0. The third-order valence-electron chi connectivity index (χ3n) is 9.28. The minimum atomic E-state index is -2.05. The maximum Gasteiger partial charge on any atom is 0.269 e. The summed E-state index contributed by atoms with van der Waals surface area (Å²) in [6.07, 6.45) is 7.57. The molecule has 3 aromatic carbocycles. The zero-order chi connectivity index (χ0) is 34.5. The third kappa shape index (κ3) is 7.00. The van der Waals surface area contributed by atoms with E-state index in [-0.39, 0.29) is 42.3 Å². The van der Waals surface area contributed by atoms with Crippen molar-refractivity contribution in [2.75, 3.05) is 23.4 Å². The molecular formula is C36H39N7O6. The number of nitrogens with zero attached hydrogens (tertiary/aromatic N) is 5. The van der Waals surface area contributed by atoms with E-state index in [0.717, 1.165) is 24.9 Å². The highest BCUT2D eigenvalue weighted by Gasteiger charge is 2.53. The molecule has 0 aliphatic carbocycles. The second-order valence-corrected chi connectivity index (χ2v) is 12.5. The first kappa shape index (κ1) is 33.7. The monoisotopic (exact) mass is 665 g/mol. The molecule has 1 aromatic heterocycles. The predicted molar refractivity (Wildman–Crippen MR) is 183 cm³/mol. The van der Waals surface area contributed by atoms with Crippen LogP contribution in [0.3, 0.4) is 0 Å². The van der Waals surface area contributed by atoms with Crippen LogP contribution in [-0.4, -0.2) is 61.1 Å². The Bertz CT molecular complexity index is 1860. The van der Waals surface area contributed by atoms with Gasteiger partial charge in [-0.2, -0.15) is 0 Å². The van der Waals surface area contributed by atoms with Crippen LogP contribution in [0.5, 0.6) is 0 Å². The van der Waals surface area contributed by atoms with Crippen LogP contribution in [0.4, 0.5) is 17.1 Å². The summed E-state index contributed by atoms with van der Waals surface area (Å²) in [7, 11) is 0. The number of rotatable bonds is 13. The number of nitro groups is 1. The lowest BCUT2D eigenvalue weighted by Crippen LogP contribution is -2.44. The van der Waals surface area contributed by atoms with Gasteiger partial charge >= 0.3 is 0 Å². The highest BCUT2D eigenvalue weighted by atomic mass is 16.6. The zero-order valence-electron chi connectivity index (χ0n) is 27.1. The van der Waals surface area contributed by atoms with Crippen LogP contribution in [0.2, 0.25) is 0 Å². The molecule has 6 rings (SSSR count). The van der Waals surface area contributed by atoms with Crippen molar-refractivity contribution in [3.05, 3.63) is 124 Å². The number of amides is 2. The molecular weight excluding hydrogens is 626 g/mol. The van der Waals surface area contributed by atoms with E-state index in [0.29, 0.717) is 35.6 Å². The Hall–Kier alpha value is -5.24. The van der Waals surface area contributed by atoms with Gasteiger partial charge in [-0.15, -0.1) is 5.10 Å². The molecule has 0 radical (unpaired) electrons. The Morgan fingerprint density at radius 2 is 2.00 bits per heavy atom. The molecule has 13 nitrogen and oxygen atoms in total. The highest BCUT2D eigenvalue weighted by Crippen LogP contribution is 2.47. The Kier molecular flexibility index (Phi) is 9.95. The molecule has 1 fully saturated rings. The Balaban J connectivity index is 1.17. The number of aliphatic hydroxyl groups excluding tert-OH is 1. The second kappa shape index (κ2) is 14.5. The van der Waals surface area contributed by atoms with E-state index in [9.17, 15) is 29.9 Å². The summed E-state index contributed by atoms with van der Waals surface area (Å²) in [5.41, 5.74) is 1.15. The molecule has 0 spiro atoms. The molecule has 4 N–H and O–H groups in total. The molecule has 3 heterocycles. The van der Waals surface area contributed by atoms with Gasteiger partial charge in [0.1, 0.15) is 0 Å². The minimum Gasteiger partial charge on any atom is -0.395 e. The summed E-state index contributed by atoms with van der Waals surface area (Å²) < 4.78 is 1.67. The van der Waals surface area contributed by atoms with Crippen LogP contribution in [0.1, 0.15) is 54.5 Å². The molecule has 2 aliphatic heterocycles. The van der Waals surface area contributed by atoms with Gasteiger partial charge in [-0.3, -0.25) is 24.4 Å². The van der Waals surface area contributed by atoms with Crippen molar-refractivity contribution < 1.29 is 24.7 Å². The average Bonchev–Trinajstić information content (AvgIpc) is 3.86. The van der Waals surface area contributed by atoms with Crippen LogP contribution in [0.15, 0.2) is 91.1 Å². The Morgan fingerprint density at radius 1 is 1.18 bits per heavy atom. The summed E-state index contributed by atoms with van der Waals surface area (Å²) in [5.74, 6) is -1.75. The lowest BCUT2D eigenvalue weighted by atomic mass is 9.82. The molecule has 1 unspecified atom stereocenters. The maximum absolute atomic E-state index is 14.1. The molecule has 2 amide bonds. The van der Waals surface area contributed by atoms with Gasteiger partial charge in [-0.1, -0.05) is 66.8 Å². The first-order valence-corrected chi connectivity index (χ1v) is 16.4. The maximum atomic E-state index is 14.1. The van der Waals surface area contributed by atoms with Crippen LogP contribution in [-0.2, 0) is 28.3 Å². The minimum absolute atomic E-state index is 0.0836. The van der Waals surface area contributed by atoms with Crippen molar-refractivity contribution in [2.24, 2.45) is 5.92 Å². The zero-order valence-corrected chi connectivity index (χ0v) is 27.1. The fourth-order valence-corrected chi connectivity index (χ4v) is 6.56. The van der Waals surface area contributed by atoms with Gasteiger partial charge in [-0.25, -0.2) is 0 Å². The van der Waals surface area contributed by atoms with Crippen molar-refractivity contribution >= 4 is 28.9 Å². The average molecular weight is 666 g/mol. The number of allylic oxidation sites excluding steroid dienone is 1. The number of aryl methyl sites for hydroxylation is 1. The first-order valence-electron chi connectivity index (χ1n) is 16.4. The third-order valence-corrected chi connectivity index (χ3v) is 9.28. The van der Waals surface area contributed by atoms with E-state index in [2.05, 4.69) is 20.9 Å². The number of carbonyl (C=O) groups is 2. The standard InChI is InChI=1S/C36H39N7O6/c1-24(9-5-6-18-41-22-32(39-40-41)29(23-44)26-11-3-2-4-12-26)36(47)30-20-28(43(48)49)15-16-33(30)42(35(36)46)21-25-10-7-13-27(19-25)38-34(45)31-14-8-17-37-31/h2-5,7,9-13,15-16,19-20,22,24,29,31,37,44,47H,6,8,14,17-18,21,23H2,1H3,(H,38,45)/b9-5+/t24-,29?,31-,36+/m1/s1. The van der Waals surface area contributed by atoms with Crippen molar-refractivity contribution in [2.45, 2.75) is 56.8 Å². The van der Waals surface area contributed by atoms with Gasteiger partial charge in [-0.05, 0) is 55.1 Å². The largest absolute Gasteiger partial charge is 0.395 e. The summed E-state index contributed by atoms with van der Waals surface area (Å²) in [6.45, 7) is 2.94.